The third-order valence-electron chi connectivity index (χ3n) is 4.25. The smallest absolute Gasteiger partial charge is 0.304 e. The summed E-state index contributed by atoms with van der Waals surface area (Å²) >= 11 is 0. The lowest BCUT2D eigenvalue weighted by Gasteiger charge is -2.41. The standard InChI is InChI=1S/C16H20O2/c1-3-13-10-9-12-7-5-6-8-14(12)16(13,4-2)11-15(17)18/h5-10,13H,3-4,11H2,1-2H3,(H,17,18). The number of rotatable bonds is 4. The lowest BCUT2D eigenvalue weighted by atomic mass is 9.62. The zero-order valence-corrected chi connectivity index (χ0v) is 11.0. The summed E-state index contributed by atoms with van der Waals surface area (Å²) in [5, 5.41) is 9.28. The molecule has 1 N–H and O–H groups in total. The Balaban J connectivity index is 2.57. The molecule has 0 saturated carbocycles. The van der Waals surface area contributed by atoms with Crippen LogP contribution in [0, 0.1) is 5.92 Å². The molecule has 1 aromatic carbocycles. The van der Waals surface area contributed by atoms with Crippen molar-refractivity contribution in [3.05, 3.63) is 41.5 Å². The SMILES string of the molecule is CCC1C=Cc2ccccc2C1(CC)CC(=O)O. The molecular weight excluding hydrogens is 224 g/mol. The van der Waals surface area contributed by atoms with Crippen LogP contribution < -0.4 is 0 Å². The predicted octanol–water partition coefficient (Wildman–Crippen LogP) is 3.86. The van der Waals surface area contributed by atoms with Gasteiger partial charge >= 0.3 is 5.97 Å². The molecule has 0 fully saturated rings. The fourth-order valence-corrected chi connectivity index (χ4v) is 3.30. The third kappa shape index (κ3) is 1.96. The third-order valence-corrected chi connectivity index (χ3v) is 4.25. The molecule has 0 saturated heterocycles. The average molecular weight is 244 g/mol. The van der Waals surface area contributed by atoms with Gasteiger partial charge in [-0.1, -0.05) is 50.3 Å². The number of carboxylic acid groups (broad SMARTS) is 1. The van der Waals surface area contributed by atoms with Crippen molar-refractivity contribution < 1.29 is 9.90 Å². The number of fused-ring (bicyclic) bond motifs is 1. The minimum absolute atomic E-state index is 0.212. The van der Waals surface area contributed by atoms with Gasteiger partial charge in [-0.25, -0.2) is 0 Å². The van der Waals surface area contributed by atoms with Crippen LogP contribution in [0.3, 0.4) is 0 Å². The van der Waals surface area contributed by atoms with Gasteiger partial charge in [0.25, 0.3) is 0 Å². The second kappa shape index (κ2) is 4.97. The zero-order chi connectivity index (χ0) is 13.2. The number of benzene rings is 1. The van der Waals surface area contributed by atoms with Crippen LogP contribution in [-0.2, 0) is 10.2 Å². The minimum Gasteiger partial charge on any atom is -0.481 e. The molecule has 1 aliphatic carbocycles. The van der Waals surface area contributed by atoms with E-state index in [-0.39, 0.29) is 11.8 Å². The first-order chi connectivity index (χ1) is 8.64. The van der Waals surface area contributed by atoms with Crippen molar-refractivity contribution in [2.45, 2.75) is 38.5 Å². The van der Waals surface area contributed by atoms with E-state index in [4.69, 9.17) is 0 Å². The van der Waals surface area contributed by atoms with Crippen LogP contribution in [0.4, 0.5) is 0 Å². The Bertz CT molecular complexity index is 476. The molecule has 18 heavy (non-hydrogen) atoms. The molecule has 2 unspecified atom stereocenters. The van der Waals surface area contributed by atoms with Gasteiger partial charge in [-0.3, -0.25) is 4.79 Å². The normalized spacial score (nSPS) is 25.8. The van der Waals surface area contributed by atoms with E-state index in [1.165, 1.54) is 11.1 Å². The zero-order valence-electron chi connectivity index (χ0n) is 11.0. The number of allylic oxidation sites excluding steroid dienone is 1. The molecular formula is C16H20O2. The first-order valence-electron chi connectivity index (χ1n) is 6.63. The largest absolute Gasteiger partial charge is 0.481 e. The molecule has 2 rings (SSSR count). The summed E-state index contributed by atoms with van der Waals surface area (Å²) in [5.74, 6) is -0.395. The van der Waals surface area contributed by atoms with Crippen LogP contribution in [0.5, 0.6) is 0 Å². The number of carbonyl (C=O) groups is 1. The van der Waals surface area contributed by atoms with E-state index < -0.39 is 5.97 Å². The average Bonchev–Trinajstić information content (AvgIpc) is 2.38. The topological polar surface area (TPSA) is 37.3 Å². The van der Waals surface area contributed by atoms with E-state index in [1.807, 2.05) is 12.1 Å². The molecule has 96 valence electrons. The Hall–Kier alpha value is -1.57. The Morgan fingerprint density at radius 1 is 1.33 bits per heavy atom. The fraction of sp³-hybridized carbons (Fsp3) is 0.438. The highest BCUT2D eigenvalue weighted by Crippen LogP contribution is 2.46. The second-order valence-corrected chi connectivity index (χ2v) is 5.04. The summed E-state index contributed by atoms with van der Waals surface area (Å²) in [6.45, 7) is 4.23. The minimum atomic E-state index is -0.708. The predicted molar refractivity (Wildman–Crippen MR) is 73.5 cm³/mol. The van der Waals surface area contributed by atoms with E-state index in [0.29, 0.717) is 5.92 Å². The van der Waals surface area contributed by atoms with E-state index in [9.17, 15) is 9.90 Å². The van der Waals surface area contributed by atoms with Gasteiger partial charge in [0, 0.05) is 5.41 Å². The highest BCUT2D eigenvalue weighted by Gasteiger charge is 2.41. The van der Waals surface area contributed by atoms with Gasteiger partial charge in [0.15, 0.2) is 0 Å². The fourth-order valence-electron chi connectivity index (χ4n) is 3.30. The summed E-state index contributed by atoms with van der Waals surface area (Å²) in [7, 11) is 0. The van der Waals surface area contributed by atoms with Crippen LogP contribution in [0.1, 0.15) is 44.2 Å². The number of hydrogen-bond acceptors (Lipinski definition) is 1. The Morgan fingerprint density at radius 3 is 2.67 bits per heavy atom. The lowest BCUT2D eigenvalue weighted by Crippen LogP contribution is -2.38. The van der Waals surface area contributed by atoms with Gasteiger partial charge in [-0.05, 0) is 29.9 Å². The molecule has 2 nitrogen and oxygen atoms in total. The first-order valence-corrected chi connectivity index (χ1v) is 6.63. The van der Waals surface area contributed by atoms with Crippen LogP contribution >= 0.6 is 0 Å². The molecule has 2 heteroatoms. The Kier molecular flexibility index (Phi) is 3.55. The monoisotopic (exact) mass is 244 g/mol. The molecule has 1 aliphatic rings. The highest BCUT2D eigenvalue weighted by molar-refractivity contribution is 5.71. The molecule has 0 heterocycles. The molecule has 0 aliphatic heterocycles. The maximum Gasteiger partial charge on any atom is 0.304 e. The maximum atomic E-state index is 11.3. The maximum absolute atomic E-state index is 11.3. The van der Waals surface area contributed by atoms with Gasteiger partial charge in [-0.2, -0.15) is 0 Å². The summed E-state index contributed by atoms with van der Waals surface area (Å²) < 4.78 is 0. The van der Waals surface area contributed by atoms with Crippen molar-refractivity contribution in [1.82, 2.24) is 0 Å². The first kappa shape index (κ1) is 12.9. The molecule has 0 bridgehead atoms. The van der Waals surface area contributed by atoms with Gasteiger partial charge < -0.3 is 5.11 Å². The summed E-state index contributed by atoms with van der Waals surface area (Å²) in [5.41, 5.74) is 2.13. The molecule has 0 aromatic heterocycles. The number of carboxylic acids is 1. The number of hydrogen-bond donors (Lipinski definition) is 1. The highest BCUT2D eigenvalue weighted by atomic mass is 16.4. The molecule has 0 radical (unpaired) electrons. The molecule has 0 spiro atoms. The van der Waals surface area contributed by atoms with E-state index in [1.54, 1.807) is 0 Å². The Labute approximate surface area is 108 Å². The summed E-state index contributed by atoms with van der Waals surface area (Å²) in [6.07, 6.45) is 6.38. The van der Waals surface area contributed by atoms with Crippen molar-refractivity contribution in [2.75, 3.05) is 0 Å². The quantitative estimate of drug-likeness (QED) is 0.873. The van der Waals surface area contributed by atoms with Crippen molar-refractivity contribution in [3.8, 4) is 0 Å². The van der Waals surface area contributed by atoms with E-state index in [2.05, 4.69) is 38.1 Å². The number of aliphatic carboxylic acids is 1. The second-order valence-electron chi connectivity index (χ2n) is 5.04. The van der Waals surface area contributed by atoms with Crippen molar-refractivity contribution in [2.24, 2.45) is 5.92 Å². The summed E-state index contributed by atoms with van der Waals surface area (Å²) in [6, 6.07) is 8.19. The molecule has 2 atom stereocenters. The van der Waals surface area contributed by atoms with Crippen LogP contribution in [0.15, 0.2) is 30.3 Å². The van der Waals surface area contributed by atoms with Gasteiger partial charge in [0.1, 0.15) is 0 Å². The van der Waals surface area contributed by atoms with E-state index in [0.717, 1.165) is 12.8 Å². The molecule has 1 aromatic rings. The van der Waals surface area contributed by atoms with Crippen LogP contribution in [0.25, 0.3) is 6.08 Å². The van der Waals surface area contributed by atoms with Crippen LogP contribution in [-0.4, -0.2) is 11.1 Å². The van der Waals surface area contributed by atoms with E-state index >= 15 is 0 Å². The van der Waals surface area contributed by atoms with Gasteiger partial charge in [0.05, 0.1) is 6.42 Å². The van der Waals surface area contributed by atoms with Crippen molar-refractivity contribution in [3.63, 3.8) is 0 Å². The lowest BCUT2D eigenvalue weighted by molar-refractivity contribution is -0.139. The van der Waals surface area contributed by atoms with Crippen LogP contribution in [0.2, 0.25) is 0 Å². The van der Waals surface area contributed by atoms with Gasteiger partial charge in [-0.15, -0.1) is 0 Å². The Morgan fingerprint density at radius 2 is 2.06 bits per heavy atom. The van der Waals surface area contributed by atoms with Gasteiger partial charge in [0.2, 0.25) is 0 Å². The van der Waals surface area contributed by atoms with Crippen molar-refractivity contribution >= 4 is 12.0 Å². The molecule has 0 amide bonds. The van der Waals surface area contributed by atoms with Crippen molar-refractivity contribution in [1.29, 1.82) is 0 Å². The summed E-state index contributed by atoms with van der Waals surface area (Å²) in [4.78, 5) is 11.3.